The zero-order chi connectivity index (χ0) is 21.0. The van der Waals surface area contributed by atoms with E-state index in [9.17, 15) is 4.79 Å². The van der Waals surface area contributed by atoms with E-state index in [1.54, 1.807) is 21.1 Å². The molecular formula is C22H25N3O4. The average molecular weight is 395 g/mol. The molecule has 3 aromatic rings. The Hall–Kier alpha value is -3.35. The van der Waals surface area contributed by atoms with Crippen molar-refractivity contribution in [2.75, 3.05) is 14.2 Å². The number of rotatable bonds is 7. The van der Waals surface area contributed by atoms with Gasteiger partial charge in [-0.25, -0.2) is 0 Å². The van der Waals surface area contributed by atoms with Crippen LogP contribution in [0.5, 0.6) is 11.5 Å². The number of hydrogen-bond acceptors (Lipinski definition) is 6. The zero-order valence-corrected chi connectivity index (χ0v) is 17.3. The molecule has 0 aliphatic heterocycles. The Morgan fingerprint density at radius 3 is 2.59 bits per heavy atom. The standard InChI is InChI=1S/C22H25N3O4/c1-14-6-7-15(2)19(12-14)28-16(3)22(26)25(4)13-20-23-21(24-29-20)17-8-10-18(27-5)11-9-17/h6-12,16H,13H2,1-5H3. The van der Waals surface area contributed by atoms with Crippen molar-refractivity contribution in [2.24, 2.45) is 0 Å². The van der Waals surface area contributed by atoms with Gasteiger partial charge in [0.1, 0.15) is 11.5 Å². The summed E-state index contributed by atoms with van der Waals surface area (Å²) in [6, 6.07) is 13.3. The van der Waals surface area contributed by atoms with Crippen LogP contribution in [0.25, 0.3) is 11.4 Å². The van der Waals surface area contributed by atoms with Crippen molar-refractivity contribution in [1.82, 2.24) is 15.0 Å². The van der Waals surface area contributed by atoms with Crippen molar-refractivity contribution in [1.29, 1.82) is 0 Å². The third-order valence-corrected chi connectivity index (χ3v) is 4.56. The Balaban J connectivity index is 1.63. The van der Waals surface area contributed by atoms with Gasteiger partial charge in [-0.15, -0.1) is 0 Å². The van der Waals surface area contributed by atoms with Crippen LogP contribution in [0, 0.1) is 13.8 Å². The molecule has 7 heteroatoms. The normalized spacial score (nSPS) is 11.8. The fourth-order valence-electron chi connectivity index (χ4n) is 2.84. The van der Waals surface area contributed by atoms with Gasteiger partial charge < -0.3 is 18.9 Å². The minimum atomic E-state index is -0.635. The fraction of sp³-hybridized carbons (Fsp3) is 0.318. The first-order valence-corrected chi connectivity index (χ1v) is 9.33. The molecule has 0 bridgehead atoms. The second-order valence-electron chi connectivity index (χ2n) is 6.96. The first kappa shape index (κ1) is 20.4. The van der Waals surface area contributed by atoms with Crippen LogP contribution < -0.4 is 9.47 Å². The van der Waals surface area contributed by atoms with E-state index in [-0.39, 0.29) is 12.5 Å². The van der Waals surface area contributed by atoms with Gasteiger partial charge in [0, 0.05) is 12.6 Å². The Kier molecular flexibility index (Phi) is 6.16. The van der Waals surface area contributed by atoms with Crippen LogP contribution in [0.2, 0.25) is 0 Å². The summed E-state index contributed by atoms with van der Waals surface area (Å²) in [7, 11) is 3.29. The molecule has 1 atom stereocenters. The predicted octanol–water partition coefficient (Wildman–Crippen LogP) is 3.79. The molecule has 1 aromatic heterocycles. The molecule has 0 saturated carbocycles. The van der Waals surface area contributed by atoms with Gasteiger partial charge in [0.15, 0.2) is 6.10 Å². The van der Waals surface area contributed by atoms with Gasteiger partial charge in [0.2, 0.25) is 11.7 Å². The van der Waals surface area contributed by atoms with E-state index < -0.39 is 6.10 Å². The van der Waals surface area contributed by atoms with Crippen molar-refractivity contribution >= 4 is 5.91 Å². The van der Waals surface area contributed by atoms with Crippen LogP contribution in [-0.2, 0) is 11.3 Å². The quantitative estimate of drug-likeness (QED) is 0.606. The Labute approximate surface area is 170 Å². The smallest absolute Gasteiger partial charge is 0.263 e. The lowest BCUT2D eigenvalue weighted by Gasteiger charge is -2.21. The number of carbonyl (C=O) groups excluding carboxylic acids is 1. The molecule has 29 heavy (non-hydrogen) atoms. The topological polar surface area (TPSA) is 77.7 Å². The van der Waals surface area contributed by atoms with Crippen LogP contribution in [-0.4, -0.2) is 41.2 Å². The van der Waals surface area contributed by atoms with E-state index in [0.717, 1.165) is 22.4 Å². The van der Waals surface area contributed by atoms with Gasteiger partial charge in [0.05, 0.1) is 13.7 Å². The molecule has 1 heterocycles. The second kappa shape index (κ2) is 8.77. The molecule has 152 valence electrons. The molecule has 0 fully saturated rings. The molecule has 3 rings (SSSR count). The van der Waals surface area contributed by atoms with Crippen molar-refractivity contribution in [3.8, 4) is 22.9 Å². The second-order valence-corrected chi connectivity index (χ2v) is 6.96. The van der Waals surface area contributed by atoms with E-state index >= 15 is 0 Å². The van der Waals surface area contributed by atoms with Crippen molar-refractivity contribution in [3.63, 3.8) is 0 Å². The summed E-state index contributed by atoms with van der Waals surface area (Å²) in [5.41, 5.74) is 2.87. The van der Waals surface area contributed by atoms with Crippen LogP contribution in [0.1, 0.15) is 23.9 Å². The number of likely N-dealkylation sites (N-methyl/N-ethyl adjacent to an activating group) is 1. The van der Waals surface area contributed by atoms with Crippen molar-refractivity contribution < 1.29 is 18.8 Å². The largest absolute Gasteiger partial charge is 0.497 e. The van der Waals surface area contributed by atoms with Gasteiger partial charge in [-0.1, -0.05) is 17.3 Å². The van der Waals surface area contributed by atoms with E-state index in [1.165, 1.54) is 4.90 Å². The van der Waals surface area contributed by atoms with Gasteiger partial charge in [0.25, 0.3) is 5.91 Å². The molecule has 0 N–H and O–H groups in total. The Morgan fingerprint density at radius 1 is 1.17 bits per heavy atom. The maximum absolute atomic E-state index is 12.7. The minimum Gasteiger partial charge on any atom is -0.497 e. The van der Waals surface area contributed by atoms with Gasteiger partial charge in [-0.05, 0) is 62.2 Å². The van der Waals surface area contributed by atoms with Crippen LogP contribution >= 0.6 is 0 Å². The molecule has 0 aliphatic rings. The van der Waals surface area contributed by atoms with Gasteiger partial charge in [-0.3, -0.25) is 4.79 Å². The molecule has 0 radical (unpaired) electrons. The molecule has 2 aromatic carbocycles. The predicted molar refractivity (Wildman–Crippen MR) is 109 cm³/mol. The summed E-state index contributed by atoms with van der Waals surface area (Å²) in [6.07, 6.45) is -0.635. The van der Waals surface area contributed by atoms with E-state index in [2.05, 4.69) is 10.1 Å². The fourth-order valence-corrected chi connectivity index (χ4v) is 2.84. The highest BCUT2D eigenvalue weighted by Gasteiger charge is 2.22. The van der Waals surface area contributed by atoms with Crippen LogP contribution in [0.3, 0.4) is 0 Å². The minimum absolute atomic E-state index is 0.171. The van der Waals surface area contributed by atoms with Crippen LogP contribution in [0.15, 0.2) is 47.0 Å². The molecule has 0 spiro atoms. The summed E-state index contributed by atoms with van der Waals surface area (Å²) >= 11 is 0. The SMILES string of the molecule is COc1ccc(-c2noc(CN(C)C(=O)C(C)Oc3cc(C)ccc3C)n2)cc1. The summed E-state index contributed by atoms with van der Waals surface area (Å²) in [5, 5.41) is 3.99. The number of carbonyl (C=O) groups is 1. The van der Waals surface area contributed by atoms with Crippen LogP contribution in [0.4, 0.5) is 0 Å². The van der Waals surface area contributed by atoms with E-state index in [4.69, 9.17) is 14.0 Å². The van der Waals surface area contributed by atoms with Gasteiger partial charge >= 0.3 is 0 Å². The Morgan fingerprint density at radius 2 is 1.90 bits per heavy atom. The first-order valence-electron chi connectivity index (χ1n) is 9.33. The van der Waals surface area contributed by atoms with Crippen molar-refractivity contribution in [3.05, 3.63) is 59.5 Å². The average Bonchev–Trinajstić information content (AvgIpc) is 3.18. The lowest BCUT2D eigenvalue weighted by Crippen LogP contribution is -2.37. The number of ether oxygens (including phenoxy) is 2. The number of nitrogens with zero attached hydrogens (tertiary/aromatic N) is 3. The molecule has 1 amide bonds. The highest BCUT2D eigenvalue weighted by atomic mass is 16.5. The maximum Gasteiger partial charge on any atom is 0.263 e. The summed E-state index contributed by atoms with van der Waals surface area (Å²) in [4.78, 5) is 18.6. The Bertz CT molecular complexity index is 982. The highest BCUT2D eigenvalue weighted by Crippen LogP contribution is 2.22. The monoisotopic (exact) mass is 395 g/mol. The number of methoxy groups -OCH3 is 1. The van der Waals surface area contributed by atoms with Crippen molar-refractivity contribution in [2.45, 2.75) is 33.4 Å². The van der Waals surface area contributed by atoms with E-state index in [0.29, 0.717) is 17.5 Å². The molecular weight excluding hydrogens is 370 g/mol. The number of aromatic nitrogens is 2. The summed E-state index contributed by atoms with van der Waals surface area (Å²) in [6.45, 7) is 5.87. The van der Waals surface area contributed by atoms with E-state index in [1.807, 2.05) is 56.3 Å². The molecule has 7 nitrogen and oxygen atoms in total. The maximum atomic E-state index is 12.7. The van der Waals surface area contributed by atoms with Gasteiger partial charge in [-0.2, -0.15) is 4.98 Å². The lowest BCUT2D eigenvalue weighted by atomic mass is 10.1. The highest BCUT2D eigenvalue weighted by molar-refractivity contribution is 5.80. The summed E-state index contributed by atoms with van der Waals surface area (Å²) in [5.74, 6) is 2.10. The number of amides is 1. The molecule has 1 unspecified atom stereocenters. The molecule has 0 aliphatic carbocycles. The molecule has 0 saturated heterocycles. The lowest BCUT2D eigenvalue weighted by molar-refractivity contribution is -0.137. The third kappa shape index (κ3) is 4.93. The zero-order valence-electron chi connectivity index (χ0n) is 17.3. The number of aryl methyl sites for hydroxylation is 2. The first-order chi connectivity index (χ1) is 13.9. The summed E-state index contributed by atoms with van der Waals surface area (Å²) < 4.78 is 16.3. The number of benzene rings is 2. The third-order valence-electron chi connectivity index (χ3n) is 4.56. The number of hydrogen-bond donors (Lipinski definition) is 0.